The molecule has 27 heavy (non-hydrogen) atoms. The van der Waals surface area contributed by atoms with Crippen molar-refractivity contribution in [1.29, 1.82) is 5.26 Å². The zero-order chi connectivity index (χ0) is 19.8. The molecule has 1 amide bonds. The summed E-state index contributed by atoms with van der Waals surface area (Å²) in [6.07, 6.45) is 7.10. The molecule has 6 heteroatoms. The Bertz CT molecular complexity index is 826. The SMILES string of the molecule is CC(C)(C)[C@H]1CCc2c(sc(NC(=O)[C@@H]3CC=CC[C@@H]3C(=O)[O-])c2C#N)C1. The summed E-state index contributed by atoms with van der Waals surface area (Å²) in [6.45, 7) is 6.71. The van der Waals surface area contributed by atoms with E-state index in [4.69, 9.17) is 0 Å². The predicted octanol–water partition coefficient (Wildman–Crippen LogP) is 3.04. The van der Waals surface area contributed by atoms with Crippen LogP contribution in [0.5, 0.6) is 0 Å². The van der Waals surface area contributed by atoms with Gasteiger partial charge in [-0.05, 0) is 49.0 Å². The highest BCUT2D eigenvalue weighted by Gasteiger charge is 2.34. The van der Waals surface area contributed by atoms with E-state index in [1.165, 1.54) is 16.2 Å². The number of carboxylic acids is 1. The second kappa shape index (κ2) is 7.47. The van der Waals surface area contributed by atoms with Gasteiger partial charge in [0.1, 0.15) is 11.1 Å². The van der Waals surface area contributed by atoms with E-state index in [0.29, 0.717) is 29.3 Å². The average Bonchev–Trinajstić information content (AvgIpc) is 2.96. The molecule has 3 rings (SSSR count). The number of nitrogens with one attached hydrogen (secondary N) is 1. The normalized spacial score (nSPS) is 24.7. The fourth-order valence-electron chi connectivity index (χ4n) is 4.10. The van der Waals surface area contributed by atoms with E-state index in [-0.39, 0.29) is 11.3 Å². The number of nitrogens with zero attached hydrogens (tertiary/aromatic N) is 1. The Morgan fingerprint density at radius 3 is 2.52 bits per heavy atom. The van der Waals surface area contributed by atoms with Crippen molar-refractivity contribution in [2.75, 3.05) is 5.32 Å². The van der Waals surface area contributed by atoms with E-state index in [1.807, 2.05) is 6.08 Å². The quantitative estimate of drug-likeness (QED) is 0.809. The second-order valence-electron chi connectivity index (χ2n) is 8.59. The molecule has 144 valence electrons. The second-order valence-corrected chi connectivity index (χ2v) is 9.69. The molecule has 0 aromatic carbocycles. The third-order valence-corrected chi connectivity index (χ3v) is 7.08. The summed E-state index contributed by atoms with van der Waals surface area (Å²) in [4.78, 5) is 25.3. The maximum absolute atomic E-state index is 12.7. The van der Waals surface area contributed by atoms with Crippen LogP contribution >= 0.6 is 11.3 Å². The summed E-state index contributed by atoms with van der Waals surface area (Å²) in [5.74, 6) is -2.47. The molecule has 0 radical (unpaired) electrons. The number of thiophene rings is 1. The Morgan fingerprint density at radius 2 is 1.93 bits per heavy atom. The molecule has 5 nitrogen and oxygen atoms in total. The van der Waals surface area contributed by atoms with Crippen molar-refractivity contribution in [1.82, 2.24) is 0 Å². The first-order valence-electron chi connectivity index (χ1n) is 9.43. The van der Waals surface area contributed by atoms with Crippen molar-refractivity contribution < 1.29 is 14.7 Å². The topological polar surface area (TPSA) is 93.0 Å². The first kappa shape index (κ1) is 19.6. The highest BCUT2D eigenvalue weighted by molar-refractivity contribution is 7.16. The monoisotopic (exact) mass is 385 g/mol. The van der Waals surface area contributed by atoms with E-state index >= 15 is 0 Å². The number of allylic oxidation sites excluding steroid dienone is 2. The van der Waals surface area contributed by atoms with Crippen molar-refractivity contribution >= 4 is 28.2 Å². The van der Waals surface area contributed by atoms with Gasteiger partial charge in [-0.2, -0.15) is 5.26 Å². The smallest absolute Gasteiger partial charge is 0.229 e. The number of fused-ring (bicyclic) bond motifs is 1. The highest BCUT2D eigenvalue weighted by atomic mass is 32.1. The van der Waals surface area contributed by atoms with Gasteiger partial charge < -0.3 is 15.2 Å². The number of carboxylic acid groups (broad SMARTS) is 1. The van der Waals surface area contributed by atoms with Crippen molar-refractivity contribution in [2.24, 2.45) is 23.2 Å². The van der Waals surface area contributed by atoms with Crippen molar-refractivity contribution in [2.45, 2.75) is 52.9 Å². The summed E-state index contributed by atoms with van der Waals surface area (Å²) >= 11 is 1.47. The van der Waals surface area contributed by atoms with Gasteiger partial charge in [0, 0.05) is 16.8 Å². The Labute approximate surface area is 164 Å². The fourth-order valence-corrected chi connectivity index (χ4v) is 5.38. The van der Waals surface area contributed by atoms with Gasteiger partial charge in [0.15, 0.2) is 0 Å². The first-order valence-corrected chi connectivity index (χ1v) is 10.3. The van der Waals surface area contributed by atoms with Crippen LogP contribution in [0.2, 0.25) is 0 Å². The molecule has 0 saturated heterocycles. The van der Waals surface area contributed by atoms with Crippen LogP contribution in [0, 0.1) is 34.5 Å². The highest BCUT2D eigenvalue weighted by Crippen LogP contribution is 2.44. The molecule has 0 spiro atoms. The summed E-state index contributed by atoms with van der Waals surface area (Å²) in [5.41, 5.74) is 1.80. The van der Waals surface area contributed by atoms with Gasteiger partial charge in [0.05, 0.1) is 11.5 Å². The van der Waals surface area contributed by atoms with Gasteiger partial charge in [-0.25, -0.2) is 0 Å². The van der Waals surface area contributed by atoms with Gasteiger partial charge in [-0.15, -0.1) is 11.3 Å². The van der Waals surface area contributed by atoms with E-state index in [1.54, 1.807) is 6.08 Å². The number of carbonyl (C=O) groups is 2. The lowest BCUT2D eigenvalue weighted by molar-refractivity contribution is -0.313. The average molecular weight is 386 g/mol. The number of carbonyl (C=O) groups excluding carboxylic acids is 2. The van der Waals surface area contributed by atoms with Crippen molar-refractivity contribution in [3.63, 3.8) is 0 Å². The molecule has 2 aliphatic carbocycles. The van der Waals surface area contributed by atoms with Crippen molar-refractivity contribution in [3.05, 3.63) is 28.2 Å². The lowest BCUT2D eigenvalue weighted by atomic mass is 9.72. The molecular weight excluding hydrogens is 360 g/mol. The molecule has 3 atom stereocenters. The molecule has 2 aliphatic rings. The number of aliphatic carboxylic acids is 1. The molecule has 1 aromatic rings. The standard InChI is InChI=1S/C21H26N2O3S/c1-21(2,3)12-8-9-13-16(11-22)19(27-17(13)10-12)23-18(24)14-6-4-5-7-15(14)20(25)26/h4-5,12,14-15H,6-10H2,1-3H3,(H,23,24)(H,25,26)/p-1/t12-,14+,15-/m0/s1. The molecule has 1 aromatic heterocycles. The van der Waals surface area contributed by atoms with Crippen LogP contribution in [0.4, 0.5) is 5.00 Å². The zero-order valence-corrected chi connectivity index (χ0v) is 16.8. The van der Waals surface area contributed by atoms with Crippen LogP contribution in [0.1, 0.15) is 56.0 Å². The predicted molar refractivity (Wildman–Crippen MR) is 103 cm³/mol. The number of hydrogen-bond acceptors (Lipinski definition) is 5. The molecule has 0 saturated carbocycles. The Balaban J connectivity index is 1.83. The lowest BCUT2D eigenvalue weighted by Gasteiger charge is -2.33. The Kier molecular flexibility index (Phi) is 5.43. The number of nitriles is 1. The number of amides is 1. The third kappa shape index (κ3) is 3.93. The first-order chi connectivity index (χ1) is 12.7. The Hall–Kier alpha value is -2.13. The number of hydrogen-bond donors (Lipinski definition) is 1. The van der Waals surface area contributed by atoms with E-state index < -0.39 is 17.8 Å². The minimum absolute atomic E-state index is 0.202. The molecule has 0 bridgehead atoms. The molecule has 0 fully saturated rings. The minimum Gasteiger partial charge on any atom is -0.550 e. The van der Waals surface area contributed by atoms with Gasteiger partial charge >= 0.3 is 0 Å². The molecule has 0 unspecified atom stereocenters. The van der Waals surface area contributed by atoms with Gasteiger partial charge in [-0.1, -0.05) is 32.9 Å². The molecule has 1 heterocycles. The maximum Gasteiger partial charge on any atom is 0.229 e. The summed E-state index contributed by atoms with van der Waals surface area (Å²) < 4.78 is 0. The summed E-state index contributed by atoms with van der Waals surface area (Å²) in [5, 5.41) is 24.4. The fraction of sp³-hybridized carbons (Fsp3) is 0.571. The zero-order valence-electron chi connectivity index (χ0n) is 16.0. The summed E-state index contributed by atoms with van der Waals surface area (Å²) in [6, 6.07) is 2.25. The van der Waals surface area contributed by atoms with Crippen molar-refractivity contribution in [3.8, 4) is 6.07 Å². The minimum atomic E-state index is -1.20. The van der Waals surface area contributed by atoms with E-state index in [9.17, 15) is 20.0 Å². The third-order valence-electron chi connectivity index (χ3n) is 5.91. The summed E-state index contributed by atoms with van der Waals surface area (Å²) in [7, 11) is 0. The van der Waals surface area contributed by atoms with Crippen LogP contribution in [0.3, 0.4) is 0 Å². The Morgan fingerprint density at radius 1 is 1.26 bits per heavy atom. The number of anilines is 1. The van der Waals surface area contributed by atoms with Crippen LogP contribution < -0.4 is 10.4 Å². The maximum atomic E-state index is 12.7. The lowest BCUT2D eigenvalue weighted by Crippen LogP contribution is -2.41. The molecular formula is C21H25N2O3S-. The number of rotatable bonds is 3. The van der Waals surface area contributed by atoms with Crippen LogP contribution in [-0.2, 0) is 22.4 Å². The molecule has 1 N–H and O–H groups in total. The van der Waals surface area contributed by atoms with E-state index in [0.717, 1.165) is 24.8 Å². The van der Waals surface area contributed by atoms with Gasteiger partial charge in [0.2, 0.25) is 5.91 Å². The van der Waals surface area contributed by atoms with Gasteiger partial charge in [0.25, 0.3) is 0 Å². The van der Waals surface area contributed by atoms with Crippen LogP contribution in [0.25, 0.3) is 0 Å². The van der Waals surface area contributed by atoms with E-state index in [2.05, 4.69) is 32.2 Å². The van der Waals surface area contributed by atoms with Crippen LogP contribution in [0.15, 0.2) is 12.2 Å². The van der Waals surface area contributed by atoms with Gasteiger partial charge in [-0.3, -0.25) is 4.79 Å². The largest absolute Gasteiger partial charge is 0.550 e. The van der Waals surface area contributed by atoms with Crippen LogP contribution in [-0.4, -0.2) is 11.9 Å². The molecule has 0 aliphatic heterocycles.